The molecule has 6 nitrogen and oxygen atoms in total. The molecule has 0 fully saturated rings. The number of nitrogens with two attached hydrogens (primary N) is 1. The van der Waals surface area contributed by atoms with Crippen LogP contribution in [0.4, 0.5) is 5.95 Å². The fourth-order valence-corrected chi connectivity index (χ4v) is 2.63. The number of fused-ring (bicyclic) bond motifs is 1. The molecular formula is C15H20N6. The first-order chi connectivity index (χ1) is 10.0. The maximum absolute atomic E-state index is 6.01. The van der Waals surface area contributed by atoms with Gasteiger partial charge in [0.25, 0.3) is 0 Å². The predicted molar refractivity (Wildman–Crippen MR) is 83.0 cm³/mol. The highest BCUT2D eigenvalue weighted by atomic mass is 15.3. The van der Waals surface area contributed by atoms with Crippen molar-refractivity contribution in [2.75, 3.05) is 5.73 Å². The number of aryl methyl sites for hydroxylation is 5. The number of hydrogen-bond acceptors (Lipinski definition) is 4. The van der Waals surface area contributed by atoms with Gasteiger partial charge in [-0.3, -0.25) is 9.25 Å². The smallest absolute Gasteiger partial charge is 0.202 e. The van der Waals surface area contributed by atoms with Crippen LogP contribution in [0.15, 0.2) is 18.3 Å². The van der Waals surface area contributed by atoms with Crippen LogP contribution in [0.2, 0.25) is 0 Å². The van der Waals surface area contributed by atoms with Gasteiger partial charge in [-0.25, -0.2) is 9.97 Å². The maximum atomic E-state index is 6.01. The monoisotopic (exact) mass is 284 g/mol. The third kappa shape index (κ3) is 2.61. The summed E-state index contributed by atoms with van der Waals surface area (Å²) in [6.07, 6.45) is 2.79. The lowest BCUT2D eigenvalue weighted by molar-refractivity contribution is 0.522. The molecule has 110 valence electrons. The molecule has 0 saturated carbocycles. The Morgan fingerprint density at radius 3 is 2.67 bits per heavy atom. The summed E-state index contributed by atoms with van der Waals surface area (Å²) in [5.41, 5.74) is 11.0. The van der Waals surface area contributed by atoms with Gasteiger partial charge >= 0.3 is 0 Å². The van der Waals surface area contributed by atoms with Gasteiger partial charge in [-0.05, 0) is 44.9 Å². The molecule has 0 bridgehead atoms. The maximum Gasteiger partial charge on any atom is 0.202 e. The highest BCUT2D eigenvalue weighted by Crippen LogP contribution is 2.17. The van der Waals surface area contributed by atoms with Crippen LogP contribution in [-0.4, -0.2) is 24.3 Å². The molecule has 0 saturated heterocycles. The summed E-state index contributed by atoms with van der Waals surface area (Å²) in [6, 6.07) is 4.10. The van der Waals surface area contributed by atoms with Crippen LogP contribution in [0.5, 0.6) is 0 Å². The van der Waals surface area contributed by atoms with E-state index in [2.05, 4.69) is 28.1 Å². The average molecular weight is 284 g/mol. The SMILES string of the molecule is Cc1cnc2c(c1)nc(N)n2CCCn1nc(C)cc1C. The summed E-state index contributed by atoms with van der Waals surface area (Å²) in [7, 11) is 0. The van der Waals surface area contributed by atoms with Crippen LogP contribution in [-0.2, 0) is 13.1 Å². The topological polar surface area (TPSA) is 74.5 Å². The third-order valence-corrected chi connectivity index (χ3v) is 3.61. The second-order valence-corrected chi connectivity index (χ2v) is 5.48. The third-order valence-electron chi connectivity index (χ3n) is 3.61. The molecule has 0 aliphatic carbocycles. The predicted octanol–water partition coefficient (Wildman–Crippen LogP) is 2.23. The van der Waals surface area contributed by atoms with Crippen molar-refractivity contribution in [3.63, 3.8) is 0 Å². The molecule has 0 unspecified atom stereocenters. The summed E-state index contributed by atoms with van der Waals surface area (Å²) in [5, 5.41) is 4.47. The number of nitrogens with zero attached hydrogens (tertiary/aromatic N) is 5. The molecule has 0 aliphatic heterocycles. The van der Waals surface area contributed by atoms with Gasteiger partial charge in [-0.1, -0.05) is 0 Å². The van der Waals surface area contributed by atoms with Crippen LogP contribution < -0.4 is 5.73 Å². The molecule has 0 atom stereocenters. The van der Waals surface area contributed by atoms with E-state index in [0.29, 0.717) is 5.95 Å². The lowest BCUT2D eigenvalue weighted by atomic mass is 10.3. The van der Waals surface area contributed by atoms with Gasteiger partial charge in [0.1, 0.15) is 5.52 Å². The molecule has 0 radical (unpaired) electrons. The second kappa shape index (κ2) is 5.20. The number of aromatic nitrogens is 5. The van der Waals surface area contributed by atoms with Crippen molar-refractivity contribution in [1.82, 2.24) is 24.3 Å². The fourth-order valence-electron chi connectivity index (χ4n) is 2.63. The lowest BCUT2D eigenvalue weighted by Crippen LogP contribution is -2.09. The van der Waals surface area contributed by atoms with Gasteiger partial charge in [0.15, 0.2) is 5.65 Å². The molecule has 6 heteroatoms. The van der Waals surface area contributed by atoms with Gasteiger partial charge in [-0.2, -0.15) is 5.10 Å². The second-order valence-electron chi connectivity index (χ2n) is 5.48. The number of pyridine rings is 1. The number of rotatable bonds is 4. The summed E-state index contributed by atoms with van der Waals surface area (Å²) < 4.78 is 4.00. The molecule has 0 spiro atoms. The van der Waals surface area contributed by atoms with Crippen LogP contribution in [0.1, 0.15) is 23.4 Å². The quantitative estimate of drug-likeness (QED) is 0.797. The minimum absolute atomic E-state index is 0.525. The molecule has 0 amide bonds. The van der Waals surface area contributed by atoms with Crippen LogP contribution in [0, 0.1) is 20.8 Å². The largest absolute Gasteiger partial charge is 0.369 e. The molecule has 3 aromatic heterocycles. The van der Waals surface area contributed by atoms with Crippen LogP contribution in [0.25, 0.3) is 11.2 Å². The first kappa shape index (κ1) is 13.6. The van der Waals surface area contributed by atoms with E-state index in [9.17, 15) is 0 Å². The van der Waals surface area contributed by atoms with Gasteiger partial charge in [-0.15, -0.1) is 0 Å². The average Bonchev–Trinajstić information content (AvgIpc) is 2.89. The highest BCUT2D eigenvalue weighted by Gasteiger charge is 2.09. The molecular weight excluding hydrogens is 264 g/mol. The van der Waals surface area contributed by atoms with E-state index in [1.807, 2.05) is 35.4 Å². The van der Waals surface area contributed by atoms with Crippen molar-refractivity contribution in [2.45, 2.75) is 40.3 Å². The fraction of sp³-hybridized carbons (Fsp3) is 0.400. The number of hydrogen-bond donors (Lipinski definition) is 1. The van der Waals surface area contributed by atoms with Crippen molar-refractivity contribution in [3.05, 3.63) is 35.3 Å². The first-order valence-electron chi connectivity index (χ1n) is 7.14. The molecule has 21 heavy (non-hydrogen) atoms. The lowest BCUT2D eigenvalue weighted by Gasteiger charge is -2.07. The number of nitrogen functional groups attached to an aromatic ring is 1. The molecule has 3 rings (SSSR count). The van der Waals surface area contributed by atoms with Crippen LogP contribution in [0.3, 0.4) is 0 Å². The Hall–Kier alpha value is -2.37. The first-order valence-corrected chi connectivity index (χ1v) is 7.14. The van der Waals surface area contributed by atoms with Gasteiger partial charge in [0, 0.05) is 25.0 Å². The highest BCUT2D eigenvalue weighted by molar-refractivity contribution is 5.74. The number of anilines is 1. The van der Waals surface area contributed by atoms with Crippen molar-refractivity contribution >= 4 is 17.1 Å². The zero-order valence-corrected chi connectivity index (χ0v) is 12.7. The van der Waals surface area contributed by atoms with E-state index in [1.54, 1.807) is 0 Å². The van der Waals surface area contributed by atoms with E-state index in [-0.39, 0.29) is 0 Å². The summed E-state index contributed by atoms with van der Waals surface area (Å²) in [6.45, 7) is 7.74. The Bertz CT molecular complexity index is 783. The Morgan fingerprint density at radius 1 is 1.14 bits per heavy atom. The van der Waals surface area contributed by atoms with E-state index in [1.165, 1.54) is 5.69 Å². The zero-order valence-electron chi connectivity index (χ0n) is 12.7. The minimum atomic E-state index is 0.525. The molecule has 0 aliphatic rings. The Kier molecular flexibility index (Phi) is 3.37. The Morgan fingerprint density at radius 2 is 1.95 bits per heavy atom. The van der Waals surface area contributed by atoms with E-state index < -0.39 is 0 Å². The van der Waals surface area contributed by atoms with Gasteiger partial charge in [0.05, 0.1) is 5.69 Å². The summed E-state index contributed by atoms with van der Waals surface area (Å²) >= 11 is 0. The van der Waals surface area contributed by atoms with E-state index in [4.69, 9.17) is 5.73 Å². The molecule has 2 N–H and O–H groups in total. The molecule has 3 heterocycles. The van der Waals surface area contributed by atoms with E-state index in [0.717, 1.165) is 41.9 Å². The van der Waals surface area contributed by atoms with Gasteiger partial charge < -0.3 is 5.73 Å². The minimum Gasteiger partial charge on any atom is -0.369 e. The Balaban J connectivity index is 1.76. The normalized spacial score (nSPS) is 11.4. The van der Waals surface area contributed by atoms with Gasteiger partial charge in [0.2, 0.25) is 5.95 Å². The Labute approximate surface area is 123 Å². The van der Waals surface area contributed by atoms with Crippen molar-refractivity contribution in [3.8, 4) is 0 Å². The molecule has 0 aromatic carbocycles. The zero-order chi connectivity index (χ0) is 15.0. The van der Waals surface area contributed by atoms with Crippen molar-refractivity contribution in [1.29, 1.82) is 0 Å². The summed E-state index contributed by atoms with van der Waals surface area (Å²) in [4.78, 5) is 8.82. The molecule has 3 aromatic rings. The van der Waals surface area contributed by atoms with Crippen molar-refractivity contribution < 1.29 is 0 Å². The van der Waals surface area contributed by atoms with Crippen molar-refractivity contribution in [2.24, 2.45) is 0 Å². The standard InChI is InChI=1S/C15H20N6/c1-10-7-13-14(17-9-10)20(15(16)18-13)5-4-6-21-12(3)8-11(2)19-21/h7-9H,4-6H2,1-3H3,(H2,16,18). The van der Waals surface area contributed by atoms with Crippen LogP contribution >= 0.6 is 0 Å². The van der Waals surface area contributed by atoms with E-state index >= 15 is 0 Å². The number of imidazole rings is 1. The summed E-state index contributed by atoms with van der Waals surface area (Å²) in [5.74, 6) is 0.525.